The van der Waals surface area contributed by atoms with Crippen molar-refractivity contribution in [3.8, 4) is 0 Å². The molecule has 0 bridgehead atoms. The number of rotatable bonds is 61. The molecule has 0 saturated carbocycles. The zero-order chi connectivity index (χ0) is 49.4. The first-order valence-electron chi connectivity index (χ1n) is 33.3. The Morgan fingerprint density at radius 3 is 0.471 bits per heavy atom. The van der Waals surface area contributed by atoms with Crippen LogP contribution in [0.3, 0.4) is 0 Å². The zero-order valence-electron chi connectivity index (χ0n) is 49.4. The van der Waals surface area contributed by atoms with Crippen molar-refractivity contribution in [2.75, 3.05) is 20.6 Å². The number of nitrogens with zero attached hydrogens (tertiary/aromatic N) is 1. The van der Waals surface area contributed by atoms with E-state index >= 15 is 0 Å². The highest BCUT2D eigenvalue weighted by Gasteiger charge is 2.43. The first-order valence-corrected chi connectivity index (χ1v) is 33.3. The van der Waals surface area contributed by atoms with Crippen molar-refractivity contribution < 1.29 is 4.48 Å². The van der Waals surface area contributed by atoms with Gasteiger partial charge in [0.05, 0.1) is 26.2 Å². The molecule has 68 heavy (non-hydrogen) atoms. The lowest BCUT2D eigenvalue weighted by Crippen LogP contribution is -2.60. The van der Waals surface area contributed by atoms with Crippen LogP contribution in [0.5, 0.6) is 0 Å². The van der Waals surface area contributed by atoms with Gasteiger partial charge in [0, 0.05) is 19.3 Å². The molecular weight excluding hydrogens is 819 g/mol. The highest BCUT2D eigenvalue weighted by atomic mass is 15.4. The summed E-state index contributed by atoms with van der Waals surface area (Å²) in [5, 5.41) is 0. The van der Waals surface area contributed by atoms with Crippen molar-refractivity contribution in [3.05, 3.63) is 0 Å². The molecule has 1 nitrogen and oxygen atoms in total. The molecule has 0 heterocycles. The van der Waals surface area contributed by atoms with Crippen LogP contribution in [0.15, 0.2) is 0 Å². The molecule has 0 fully saturated rings. The first kappa shape index (κ1) is 68.0. The summed E-state index contributed by atoms with van der Waals surface area (Å²) in [6.45, 7) is 10.7. The molecule has 0 aliphatic rings. The molecule has 0 saturated heterocycles. The van der Waals surface area contributed by atoms with Crippen molar-refractivity contribution >= 4 is 0 Å². The van der Waals surface area contributed by atoms with Gasteiger partial charge in [-0.05, 0) is 32.1 Å². The highest BCUT2D eigenvalue weighted by molar-refractivity contribution is 4.82. The summed E-state index contributed by atoms with van der Waals surface area (Å²) in [4.78, 5) is 0. The fourth-order valence-electron chi connectivity index (χ4n) is 12.2. The first-order chi connectivity index (χ1) is 33.5. The molecular formula is C67H138N+. The van der Waals surface area contributed by atoms with Crippen LogP contribution in [0.2, 0.25) is 0 Å². The Balaban J connectivity index is 5.21. The lowest BCUT2D eigenvalue weighted by Gasteiger charge is -2.50. The predicted molar refractivity (Wildman–Crippen MR) is 315 cm³/mol. The molecule has 410 valence electrons. The average molecular weight is 958 g/mol. The van der Waals surface area contributed by atoms with Crippen LogP contribution in [-0.4, -0.2) is 30.7 Å². The van der Waals surface area contributed by atoms with E-state index in [2.05, 4.69) is 41.8 Å². The van der Waals surface area contributed by atoms with Crippen LogP contribution in [0.1, 0.15) is 407 Å². The van der Waals surface area contributed by atoms with Crippen LogP contribution in [0.4, 0.5) is 0 Å². The maximum absolute atomic E-state index is 2.72. The van der Waals surface area contributed by atoms with Crippen molar-refractivity contribution in [1.82, 2.24) is 0 Å². The second-order valence-electron chi connectivity index (χ2n) is 24.3. The molecule has 0 aromatic rings. The average Bonchev–Trinajstić information content (AvgIpc) is 3.34. The third-order valence-electron chi connectivity index (χ3n) is 17.3. The Bertz CT molecular complexity index is 811. The maximum atomic E-state index is 2.72. The largest absolute Gasteiger partial charge is 0.324 e. The molecule has 0 aliphatic carbocycles. The molecule has 0 aromatic carbocycles. The van der Waals surface area contributed by atoms with Crippen LogP contribution in [-0.2, 0) is 0 Å². The second-order valence-corrected chi connectivity index (χ2v) is 24.3. The van der Waals surface area contributed by atoms with Crippen LogP contribution in [0, 0.1) is 0 Å². The van der Waals surface area contributed by atoms with Crippen LogP contribution in [0.25, 0.3) is 0 Å². The van der Waals surface area contributed by atoms with Gasteiger partial charge in [0.2, 0.25) is 0 Å². The fourth-order valence-corrected chi connectivity index (χ4v) is 12.2. The minimum Gasteiger partial charge on any atom is -0.324 e. The summed E-state index contributed by atoms with van der Waals surface area (Å²) >= 11 is 0. The van der Waals surface area contributed by atoms with Gasteiger partial charge in [-0.2, -0.15) is 0 Å². The van der Waals surface area contributed by atoms with Gasteiger partial charge in [0.15, 0.2) is 0 Å². The van der Waals surface area contributed by atoms with Crippen LogP contribution >= 0.6 is 0 Å². The Kier molecular flexibility index (Phi) is 56.2. The summed E-state index contributed by atoms with van der Waals surface area (Å²) < 4.78 is 1.31. The summed E-state index contributed by atoms with van der Waals surface area (Å²) in [6.07, 6.45) is 86.8. The van der Waals surface area contributed by atoms with E-state index in [9.17, 15) is 0 Å². The molecule has 0 N–H and O–H groups in total. The molecule has 0 unspecified atom stereocenters. The van der Waals surface area contributed by atoms with E-state index in [-0.39, 0.29) is 0 Å². The quantitative estimate of drug-likeness (QED) is 0.0421. The van der Waals surface area contributed by atoms with Gasteiger partial charge in [-0.25, -0.2) is 0 Å². The maximum Gasteiger partial charge on any atom is 0.0988 e. The van der Waals surface area contributed by atoms with Gasteiger partial charge in [-0.15, -0.1) is 0 Å². The predicted octanol–water partition coefficient (Wildman–Crippen LogP) is 24.9. The molecule has 0 radical (unpaired) electrons. The van der Waals surface area contributed by atoms with E-state index < -0.39 is 0 Å². The van der Waals surface area contributed by atoms with E-state index in [4.69, 9.17) is 0 Å². The number of hydrogen-bond acceptors (Lipinski definition) is 0. The van der Waals surface area contributed by atoms with E-state index in [0.717, 1.165) is 0 Å². The Morgan fingerprint density at radius 1 is 0.176 bits per heavy atom. The normalized spacial score (nSPS) is 12.3. The third-order valence-corrected chi connectivity index (χ3v) is 17.3. The lowest BCUT2D eigenvalue weighted by atomic mass is 9.78. The zero-order valence-corrected chi connectivity index (χ0v) is 49.4. The molecule has 0 aliphatic heterocycles. The summed E-state index contributed by atoms with van der Waals surface area (Å²) in [6, 6.07) is 0. The van der Waals surface area contributed by atoms with Crippen molar-refractivity contribution in [1.29, 1.82) is 0 Å². The molecule has 0 rings (SSSR count). The lowest BCUT2D eigenvalue weighted by molar-refractivity contribution is -0.944. The molecule has 0 atom stereocenters. The standard InChI is InChI=1S/C67H138N/c1-7-11-15-19-23-27-31-35-39-43-47-51-55-59-63-67(64-60-56-52-48-44-40-36-32-28-24-20-16-12-8-2,65-61-57-53-49-45-41-37-33-29-25-21-17-13-9-3)68(5,6)66-62-58-54-50-46-42-38-34-30-26-22-18-14-10-4/h7-66H2,1-6H3/q+1. The van der Waals surface area contributed by atoms with Gasteiger partial charge in [0.1, 0.15) is 0 Å². The molecule has 1 heteroatoms. The van der Waals surface area contributed by atoms with E-state index in [1.54, 1.807) is 0 Å². The molecule has 0 aromatic heterocycles. The SMILES string of the molecule is CCCCCCCCCCCCCCCCC(CCCCCCCCCCCCCCCC)(CCCCCCCCCCCCCCCC)[N+](C)(C)CCCCCCCCCCCCCCCC. The smallest absolute Gasteiger partial charge is 0.0988 e. The minimum absolute atomic E-state index is 0.488. The number of unbranched alkanes of at least 4 members (excludes halogenated alkanes) is 52. The van der Waals surface area contributed by atoms with Crippen LogP contribution < -0.4 is 0 Å². The Hall–Kier alpha value is -0.0400. The van der Waals surface area contributed by atoms with Crippen molar-refractivity contribution in [2.24, 2.45) is 0 Å². The molecule has 0 spiro atoms. The topological polar surface area (TPSA) is 0 Å². The van der Waals surface area contributed by atoms with E-state index in [0.29, 0.717) is 5.54 Å². The summed E-state index contributed by atoms with van der Waals surface area (Å²) in [5.41, 5.74) is 0.488. The van der Waals surface area contributed by atoms with E-state index in [1.165, 1.54) is 390 Å². The van der Waals surface area contributed by atoms with Gasteiger partial charge >= 0.3 is 0 Å². The summed E-state index contributed by atoms with van der Waals surface area (Å²) in [5.74, 6) is 0. The number of hydrogen-bond donors (Lipinski definition) is 0. The summed E-state index contributed by atoms with van der Waals surface area (Å²) in [7, 11) is 5.44. The van der Waals surface area contributed by atoms with Gasteiger partial charge < -0.3 is 4.48 Å². The number of quaternary nitrogens is 1. The van der Waals surface area contributed by atoms with Crippen molar-refractivity contribution in [3.63, 3.8) is 0 Å². The van der Waals surface area contributed by atoms with Gasteiger partial charge in [-0.1, -0.05) is 355 Å². The van der Waals surface area contributed by atoms with Gasteiger partial charge in [0.25, 0.3) is 0 Å². The Labute approximate surface area is 435 Å². The van der Waals surface area contributed by atoms with E-state index in [1.807, 2.05) is 0 Å². The highest BCUT2D eigenvalue weighted by Crippen LogP contribution is 2.39. The van der Waals surface area contributed by atoms with Crippen molar-refractivity contribution in [2.45, 2.75) is 412 Å². The minimum atomic E-state index is 0.488. The fraction of sp³-hybridized carbons (Fsp3) is 1.00. The van der Waals surface area contributed by atoms with Gasteiger partial charge in [-0.3, -0.25) is 0 Å². The Morgan fingerprint density at radius 2 is 0.309 bits per heavy atom. The molecule has 0 amide bonds. The monoisotopic (exact) mass is 957 g/mol. The second kappa shape index (κ2) is 56.3. The third kappa shape index (κ3) is 47.0.